The average molecular weight is 282 g/mol. The van der Waals surface area contributed by atoms with Crippen LogP contribution in [0.4, 0.5) is 0 Å². The molecule has 20 heavy (non-hydrogen) atoms. The van der Waals surface area contributed by atoms with Crippen LogP contribution >= 0.6 is 0 Å². The number of nitrogens with zero attached hydrogens (tertiary/aromatic N) is 1. The van der Waals surface area contributed by atoms with Gasteiger partial charge in [0, 0.05) is 19.1 Å². The molecular formula is C16H30N2O2. The van der Waals surface area contributed by atoms with Crippen LogP contribution in [0.15, 0.2) is 0 Å². The molecule has 1 saturated heterocycles. The molecule has 1 saturated carbocycles. The smallest absolute Gasteiger partial charge is 0.229 e. The average Bonchev–Trinajstić information content (AvgIpc) is 2.92. The van der Waals surface area contributed by atoms with Crippen LogP contribution in [-0.4, -0.2) is 49.7 Å². The van der Waals surface area contributed by atoms with Crippen molar-refractivity contribution in [2.75, 3.05) is 26.8 Å². The highest BCUT2D eigenvalue weighted by atomic mass is 16.5. The van der Waals surface area contributed by atoms with Gasteiger partial charge in [-0.05, 0) is 44.6 Å². The molecule has 1 aliphatic carbocycles. The third-order valence-electron chi connectivity index (χ3n) is 4.93. The Hall–Kier alpha value is -0.610. The number of carbonyl (C=O) groups is 1. The lowest BCUT2D eigenvalue weighted by Gasteiger charge is -2.35. The predicted octanol–water partition coefficient (Wildman–Crippen LogP) is 2.04. The molecule has 2 rings (SSSR count). The molecule has 0 aromatic carbocycles. The first-order valence-corrected chi connectivity index (χ1v) is 8.21. The molecule has 2 unspecified atom stereocenters. The van der Waals surface area contributed by atoms with Crippen molar-refractivity contribution in [3.05, 3.63) is 0 Å². The van der Waals surface area contributed by atoms with E-state index in [1.807, 2.05) is 11.9 Å². The molecule has 0 spiro atoms. The Kier molecular flexibility index (Phi) is 5.85. The van der Waals surface area contributed by atoms with Crippen LogP contribution in [0.25, 0.3) is 0 Å². The molecule has 2 aliphatic rings. The minimum Gasteiger partial charge on any atom is -0.379 e. The Morgan fingerprint density at radius 1 is 1.25 bits per heavy atom. The van der Waals surface area contributed by atoms with Gasteiger partial charge in [0.2, 0.25) is 5.91 Å². The Balaban J connectivity index is 1.88. The maximum Gasteiger partial charge on any atom is 0.229 e. The molecule has 0 aromatic rings. The third kappa shape index (κ3) is 3.73. The molecule has 4 nitrogen and oxygen atoms in total. The van der Waals surface area contributed by atoms with Crippen molar-refractivity contribution in [1.82, 2.24) is 10.2 Å². The van der Waals surface area contributed by atoms with Gasteiger partial charge in [0.05, 0.1) is 19.1 Å². The van der Waals surface area contributed by atoms with E-state index in [-0.39, 0.29) is 17.9 Å². The molecule has 2 fully saturated rings. The summed E-state index contributed by atoms with van der Waals surface area (Å²) in [7, 11) is 1.98. The lowest BCUT2D eigenvalue weighted by molar-refractivity contribution is -0.137. The summed E-state index contributed by atoms with van der Waals surface area (Å²) >= 11 is 0. The van der Waals surface area contributed by atoms with E-state index in [0.29, 0.717) is 19.3 Å². The zero-order valence-corrected chi connectivity index (χ0v) is 13.2. The monoisotopic (exact) mass is 282 g/mol. The van der Waals surface area contributed by atoms with Gasteiger partial charge in [0.1, 0.15) is 0 Å². The summed E-state index contributed by atoms with van der Waals surface area (Å²) in [6.07, 6.45) is 5.91. The van der Waals surface area contributed by atoms with Crippen molar-refractivity contribution in [2.45, 2.75) is 58.0 Å². The Labute approximate surface area is 123 Å². The third-order valence-corrected chi connectivity index (χ3v) is 4.93. The van der Waals surface area contributed by atoms with Gasteiger partial charge in [0.25, 0.3) is 0 Å². The van der Waals surface area contributed by atoms with E-state index >= 15 is 0 Å². The zero-order chi connectivity index (χ0) is 14.5. The molecule has 1 aliphatic heterocycles. The van der Waals surface area contributed by atoms with Crippen LogP contribution in [0.2, 0.25) is 0 Å². The number of amides is 1. The number of hydrogen-bond acceptors (Lipinski definition) is 3. The lowest BCUT2D eigenvalue weighted by atomic mass is 9.86. The Morgan fingerprint density at radius 2 is 1.95 bits per heavy atom. The van der Waals surface area contributed by atoms with E-state index in [1.165, 1.54) is 12.8 Å². The van der Waals surface area contributed by atoms with Crippen molar-refractivity contribution in [3.63, 3.8) is 0 Å². The Bertz CT molecular complexity index is 314. The summed E-state index contributed by atoms with van der Waals surface area (Å²) < 4.78 is 5.53. The summed E-state index contributed by atoms with van der Waals surface area (Å²) in [5.41, 5.74) is 0. The molecule has 0 aromatic heterocycles. The van der Waals surface area contributed by atoms with Gasteiger partial charge in [0.15, 0.2) is 0 Å². The number of rotatable bonds is 5. The fourth-order valence-electron chi connectivity index (χ4n) is 3.40. The van der Waals surface area contributed by atoms with Crippen molar-refractivity contribution >= 4 is 5.91 Å². The molecule has 0 radical (unpaired) electrons. The molecule has 1 amide bonds. The van der Waals surface area contributed by atoms with Crippen molar-refractivity contribution in [2.24, 2.45) is 11.8 Å². The number of carbonyl (C=O) groups excluding carboxylic acids is 1. The SMILES string of the molecule is CCCNC1COCC1C(=O)N(C)C1CCC(C)CC1. The fourth-order valence-corrected chi connectivity index (χ4v) is 3.40. The second-order valence-corrected chi connectivity index (χ2v) is 6.57. The highest BCUT2D eigenvalue weighted by Gasteiger charge is 2.37. The van der Waals surface area contributed by atoms with Crippen molar-refractivity contribution in [1.29, 1.82) is 0 Å². The summed E-state index contributed by atoms with van der Waals surface area (Å²) in [6.45, 7) is 6.67. The second-order valence-electron chi connectivity index (χ2n) is 6.57. The summed E-state index contributed by atoms with van der Waals surface area (Å²) in [5, 5.41) is 3.45. The van der Waals surface area contributed by atoms with E-state index in [0.717, 1.165) is 31.7 Å². The van der Waals surface area contributed by atoms with Crippen LogP contribution < -0.4 is 5.32 Å². The topological polar surface area (TPSA) is 41.6 Å². The predicted molar refractivity (Wildman–Crippen MR) is 80.6 cm³/mol. The van der Waals surface area contributed by atoms with Gasteiger partial charge >= 0.3 is 0 Å². The first-order chi connectivity index (χ1) is 9.63. The highest BCUT2D eigenvalue weighted by Crippen LogP contribution is 2.28. The summed E-state index contributed by atoms with van der Waals surface area (Å²) in [4.78, 5) is 14.7. The van der Waals surface area contributed by atoms with E-state index in [1.54, 1.807) is 0 Å². The molecule has 2 atom stereocenters. The van der Waals surface area contributed by atoms with Crippen LogP contribution in [0.1, 0.15) is 46.0 Å². The van der Waals surface area contributed by atoms with E-state index in [9.17, 15) is 4.79 Å². The van der Waals surface area contributed by atoms with Gasteiger partial charge in [-0.1, -0.05) is 13.8 Å². The minimum absolute atomic E-state index is 0.00546. The quantitative estimate of drug-likeness (QED) is 0.839. The molecule has 4 heteroatoms. The molecule has 1 heterocycles. The second kappa shape index (κ2) is 7.41. The lowest BCUT2D eigenvalue weighted by Crippen LogP contribution is -2.48. The van der Waals surface area contributed by atoms with Gasteiger partial charge in [-0.2, -0.15) is 0 Å². The minimum atomic E-state index is 0.00546. The zero-order valence-electron chi connectivity index (χ0n) is 13.2. The standard InChI is InChI=1S/C16H30N2O2/c1-4-9-17-15-11-20-10-14(15)16(19)18(3)13-7-5-12(2)6-8-13/h12-15,17H,4-11H2,1-3H3. The Morgan fingerprint density at radius 3 is 2.60 bits per heavy atom. The molecule has 0 bridgehead atoms. The maximum absolute atomic E-state index is 12.7. The first kappa shape index (κ1) is 15.8. The molecule has 116 valence electrons. The van der Waals surface area contributed by atoms with Crippen LogP contribution in [-0.2, 0) is 9.53 Å². The van der Waals surface area contributed by atoms with Gasteiger partial charge < -0.3 is 15.0 Å². The number of nitrogens with one attached hydrogen (secondary N) is 1. The van der Waals surface area contributed by atoms with E-state index in [2.05, 4.69) is 19.2 Å². The first-order valence-electron chi connectivity index (χ1n) is 8.21. The van der Waals surface area contributed by atoms with Crippen molar-refractivity contribution in [3.8, 4) is 0 Å². The molecule has 1 N–H and O–H groups in total. The van der Waals surface area contributed by atoms with Gasteiger partial charge in [-0.3, -0.25) is 4.79 Å². The maximum atomic E-state index is 12.7. The molecular weight excluding hydrogens is 252 g/mol. The number of hydrogen-bond donors (Lipinski definition) is 1. The highest BCUT2D eigenvalue weighted by molar-refractivity contribution is 5.80. The number of ether oxygens (including phenoxy) is 1. The van der Waals surface area contributed by atoms with E-state index in [4.69, 9.17) is 4.74 Å². The normalized spacial score (nSPS) is 34.1. The van der Waals surface area contributed by atoms with Crippen LogP contribution in [0.5, 0.6) is 0 Å². The van der Waals surface area contributed by atoms with Crippen molar-refractivity contribution < 1.29 is 9.53 Å². The van der Waals surface area contributed by atoms with Gasteiger partial charge in [-0.15, -0.1) is 0 Å². The largest absolute Gasteiger partial charge is 0.379 e. The van der Waals surface area contributed by atoms with Gasteiger partial charge in [-0.25, -0.2) is 0 Å². The summed E-state index contributed by atoms with van der Waals surface area (Å²) in [6, 6.07) is 0.638. The van der Waals surface area contributed by atoms with Crippen LogP contribution in [0.3, 0.4) is 0 Å². The summed E-state index contributed by atoms with van der Waals surface area (Å²) in [5.74, 6) is 1.10. The fraction of sp³-hybridized carbons (Fsp3) is 0.938. The van der Waals surface area contributed by atoms with E-state index < -0.39 is 0 Å². The van der Waals surface area contributed by atoms with Crippen LogP contribution in [0, 0.1) is 11.8 Å².